The van der Waals surface area contributed by atoms with Crippen LogP contribution in [0.5, 0.6) is 0 Å². The van der Waals surface area contributed by atoms with Crippen LogP contribution in [0.4, 0.5) is 10.2 Å². The molecule has 1 aliphatic heterocycles. The fraction of sp³-hybridized carbons (Fsp3) is 0.455. The van der Waals surface area contributed by atoms with Gasteiger partial charge in [-0.2, -0.15) is 0 Å². The number of rotatable bonds is 5. The lowest BCUT2D eigenvalue weighted by Gasteiger charge is -2.38. The molecule has 2 amide bonds. The molecule has 0 aromatic carbocycles. The smallest absolute Gasteiger partial charge is 0.295 e. The Morgan fingerprint density at radius 1 is 1.15 bits per heavy atom. The van der Waals surface area contributed by atoms with Crippen LogP contribution < -0.4 is 22.3 Å². The van der Waals surface area contributed by atoms with Gasteiger partial charge in [-0.25, -0.2) is 15.2 Å². The predicted octanol–water partition coefficient (Wildman–Crippen LogP) is 0.183. The number of hydrogen-bond donors (Lipinski definition) is 4. The van der Waals surface area contributed by atoms with Crippen LogP contribution in [-0.2, 0) is 9.59 Å². The Morgan fingerprint density at radius 3 is 2.50 bits per heavy atom. The molecule has 0 spiro atoms. The summed E-state index contributed by atoms with van der Waals surface area (Å²) in [6, 6.07) is -0.136. The number of piperazine rings is 1. The van der Waals surface area contributed by atoms with E-state index < -0.39 is 17.5 Å². The summed E-state index contributed by atoms with van der Waals surface area (Å²) >= 11 is 0. The maximum Gasteiger partial charge on any atom is 0.295 e. The van der Waals surface area contributed by atoms with E-state index in [9.17, 15) is 18.8 Å². The molecule has 2 fully saturated rings. The summed E-state index contributed by atoms with van der Waals surface area (Å²) in [5.74, 6) is 3.43. The molecule has 1 saturated heterocycles. The molecule has 34 heavy (non-hydrogen) atoms. The quantitative estimate of drug-likeness (QED) is 0.207. The average molecular weight is 473 g/mol. The second kappa shape index (κ2) is 9.77. The Hall–Kier alpha value is -3.51. The zero-order valence-electron chi connectivity index (χ0n) is 18.7. The first-order valence-electron chi connectivity index (χ1n) is 11.3. The highest BCUT2D eigenvalue weighted by atomic mass is 19.1. The molecule has 4 rings (SSSR count). The summed E-state index contributed by atoms with van der Waals surface area (Å²) in [5.41, 5.74) is 11.5. The average Bonchev–Trinajstić information content (AvgIpc) is 3.29. The third-order valence-corrected chi connectivity index (χ3v) is 6.59. The Labute approximate surface area is 195 Å². The fourth-order valence-corrected chi connectivity index (χ4v) is 4.72. The number of H-pyrrole nitrogens is 1. The van der Waals surface area contributed by atoms with Gasteiger partial charge in [0.2, 0.25) is 5.91 Å². The number of nitrogens with two attached hydrogens (primary N) is 3. The number of ketones is 1. The number of pyridine rings is 1. The van der Waals surface area contributed by atoms with E-state index in [1.807, 2.05) is 0 Å². The molecule has 7 N–H and O–H groups in total. The highest BCUT2D eigenvalue weighted by Gasteiger charge is 2.35. The summed E-state index contributed by atoms with van der Waals surface area (Å²) in [4.78, 5) is 48.6. The van der Waals surface area contributed by atoms with E-state index in [1.54, 1.807) is 4.90 Å². The van der Waals surface area contributed by atoms with E-state index in [4.69, 9.17) is 17.3 Å². The van der Waals surface area contributed by atoms with E-state index >= 15 is 0 Å². The number of nitrogens with one attached hydrogen (secondary N) is 1. The van der Waals surface area contributed by atoms with Crippen molar-refractivity contribution in [3.63, 3.8) is 0 Å². The molecule has 2 aromatic rings. The first-order chi connectivity index (χ1) is 16.3. The van der Waals surface area contributed by atoms with Crippen molar-refractivity contribution in [3.8, 4) is 0 Å². The molecule has 182 valence electrons. The van der Waals surface area contributed by atoms with Gasteiger partial charge in [0.1, 0.15) is 0 Å². The standard InChI is InChI=1S/C22H29FN8O3/c23-15-12-28-20(31(26)6-5-24)18-17(15)14(11-27-18)19(32)22(34)30-9-7-29(8-10-30)21(33)13-3-1-2-4-16(13)25/h5-6,11-13,16,27H,1-4,7-10,24-26H2/b6-5-/t13-,16-/m0/s1. The number of carbonyl (C=O) groups excluding carboxylic acids is 3. The van der Waals surface area contributed by atoms with Crippen LogP contribution in [-0.4, -0.2) is 69.6 Å². The molecule has 2 aromatic heterocycles. The van der Waals surface area contributed by atoms with Crippen molar-refractivity contribution in [2.24, 2.45) is 23.2 Å². The Kier molecular flexibility index (Phi) is 6.80. The van der Waals surface area contributed by atoms with Crippen molar-refractivity contribution in [3.05, 3.63) is 36.2 Å². The number of hydrazine groups is 1. The molecule has 0 radical (unpaired) electrons. The van der Waals surface area contributed by atoms with Crippen LogP contribution in [0, 0.1) is 11.7 Å². The van der Waals surface area contributed by atoms with Crippen molar-refractivity contribution in [1.29, 1.82) is 0 Å². The van der Waals surface area contributed by atoms with Gasteiger partial charge in [-0.3, -0.25) is 19.4 Å². The SMILES string of the molecule is N/C=C\N(N)c1ncc(F)c2c(C(=O)C(=O)N3CCN(C(=O)[C@H]4CCCC[C@@H]4N)CC3)c[nH]c12. The van der Waals surface area contributed by atoms with Crippen molar-refractivity contribution < 1.29 is 18.8 Å². The molecular formula is C22H29FN8O3. The predicted molar refractivity (Wildman–Crippen MR) is 123 cm³/mol. The molecule has 3 heterocycles. The molecule has 1 aliphatic carbocycles. The number of carbonyl (C=O) groups is 3. The molecule has 0 unspecified atom stereocenters. The number of aromatic amines is 1. The molecule has 11 nitrogen and oxygen atoms in total. The lowest BCUT2D eigenvalue weighted by Crippen LogP contribution is -2.55. The lowest BCUT2D eigenvalue weighted by molar-refractivity contribution is -0.141. The summed E-state index contributed by atoms with van der Waals surface area (Å²) in [5, 5.41) is 0.993. The maximum absolute atomic E-state index is 14.6. The number of aromatic nitrogens is 2. The first-order valence-corrected chi connectivity index (χ1v) is 11.3. The van der Waals surface area contributed by atoms with Crippen LogP contribution in [0.2, 0.25) is 0 Å². The van der Waals surface area contributed by atoms with Crippen LogP contribution in [0.25, 0.3) is 10.9 Å². The zero-order valence-corrected chi connectivity index (χ0v) is 18.7. The normalized spacial score (nSPS) is 21.3. The highest BCUT2D eigenvalue weighted by molar-refractivity contribution is 6.45. The van der Waals surface area contributed by atoms with Crippen LogP contribution in [0.15, 0.2) is 24.8 Å². The number of amides is 2. The van der Waals surface area contributed by atoms with Crippen molar-refractivity contribution in [1.82, 2.24) is 19.8 Å². The molecule has 0 bridgehead atoms. The lowest BCUT2D eigenvalue weighted by atomic mass is 9.84. The van der Waals surface area contributed by atoms with Gasteiger partial charge in [-0.1, -0.05) is 12.8 Å². The second-order valence-corrected chi connectivity index (χ2v) is 8.63. The highest BCUT2D eigenvalue weighted by Crippen LogP contribution is 2.29. The molecule has 2 aliphatic rings. The molecule has 1 saturated carbocycles. The van der Waals surface area contributed by atoms with Crippen molar-refractivity contribution >= 4 is 34.3 Å². The van der Waals surface area contributed by atoms with E-state index in [0.717, 1.165) is 36.9 Å². The van der Waals surface area contributed by atoms with E-state index in [0.29, 0.717) is 13.1 Å². The number of halogens is 1. The Morgan fingerprint density at radius 2 is 1.82 bits per heavy atom. The minimum absolute atomic E-state index is 0.0159. The topological polar surface area (TPSA) is 168 Å². The Balaban J connectivity index is 1.47. The van der Waals surface area contributed by atoms with Gasteiger partial charge in [-0.15, -0.1) is 0 Å². The van der Waals surface area contributed by atoms with Crippen LogP contribution in [0.3, 0.4) is 0 Å². The number of fused-ring (bicyclic) bond motifs is 1. The van der Waals surface area contributed by atoms with Gasteiger partial charge in [0, 0.05) is 50.8 Å². The molecule has 2 atom stereocenters. The summed E-state index contributed by atoms with van der Waals surface area (Å²) in [6.07, 6.45) is 8.33. The van der Waals surface area contributed by atoms with E-state index in [2.05, 4.69) is 9.97 Å². The van der Waals surface area contributed by atoms with E-state index in [-0.39, 0.29) is 53.2 Å². The maximum atomic E-state index is 14.6. The number of Topliss-reactive ketones (excluding diaryl/α,β-unsaturated/α-hetero) is 1. The first kappa shape index (κ1) is 23.6. The third-order valence-electron chi connectivity index (χ3n) is 6.59. The number of nitrogens with zero attached hydrogens (tertiary/aromatic N) is 4. The van der Waals surface area contributed by atoms with Crippen LogP contribution in [0.1, 0.15) is 36.0 Å². The van der Waals surface area contributed by atoms with Gasteiger partial charge in [-0.05, 0) is 12.8 Å². The van der Waals surface area contributed by atoms with Crippen molar-refractivity contribution in [2.75, 3.05) is 31.2 Å². The summed E-state index contributed by atoms with van der Waals surface area (Å²) in [6.45, 7) is 1.08. The third kappa shape index (κ3) is 4.33. The van der Waals surface area contributed by atoms with Gasteiger partial charge in [0.05, 0.1) is 28.6 Å². The summed E-state index contributed by atoms with van der Waals surface area (Å²) in [7, 11) is 0. The zero-order chi connectivity index (χ0) is 24.4. The van der Waals surface area contributed by atoms with Gasteiger partial charge >= 0.3 is 0 Å². The Bertz CT molecular complexity index is 1120. The minimum atomic E-state index is -0.852. The van der Waals surface area contributed by atoms with Gasteiger partial charge in [0.25, 0.3) is 11.7 Å². The fourth-order valence-electron chi connectivity index (χ4n) is 4.72. The molecular weight excluding hydrogens is 443 g/mol. The molecule has 12 heteroatoms. The van der Waals surface area contributed by atoms with Gasteiger partial charge in [0.15, 0.2) is 11.6 Å². The largest absolute Gasteiger partial charge is 0.403 e. The summed E-state index contributed by atoms with van der Waals surface area (Å²) < 4.78 is 14.6. The van der Waals surface area contributed by atoms with E-state index in [1.165, 1.54) is 23.5 Å². The van der Waals surface area contributed by atoms with Crippen molar-refractivity contribution in [2.45, 2.75) is 31.7 Å². The second-order valence-electron chi connectivity index (χ2n) is 8.63. The number of anilines is 1. The minimum Gasteiger partial charge on any atom is -0.403 e. The number of hydrogen-bond acceptors (Lipinski definition) is 8. The monoisotopic (exact) mass is 472 g/mol. The van der Waals surface area contributed by atoms with Crippen LogP contribution >= 0.6 is 0 Å². The van der Waals surface area contributed by atoms with Gasteiger partial charge < -0.3 is 26.3 Å².